The molecular weight excluding hydrogens is 662 g/mol. The Labute approximate surface area is 303 Å². The number of amides is 3. The van der Waals surface area contributed by atoms with Gasteiger partial charge in [-0.3, -0.25) is 19.2 Å². The van der Waals surface area contributed by atoms with Gasteiger partial charge >= 0.3 is 5.97 Å². The number of hydrogen-bond acceptors (Lipinski definition) is 8. The molecule has 0 unspecified atom stereocenters. The number of allylic oxidation sites excluding steroid dienone is 1. The summed E-state index contributed by atoms with van der Waals surface area (Å²) >= 11 is 0. The van der Waals surface area contributed by atoms with Gasteiger partial charge in [0, 0.05) is 18.7 Å². The van der Waals surface area contributed by atoms with E-state index in [2.05, 4.69) is 18.5 Å². The quantitative estimate of drug-likeness (QED) is 0.162. The number of nitrogens with one attached hydrogen (secondary N) is 1. The molecule has 3 aromatic rings. The molecule has 272 valence electrons. The summed E-state index contributed by atoms with van der Waals surface area (Å²) in [6.07, 6.45) is 4.05. The van der Waals surface area contributed by atoms with Crippen LogP contribution in [-0.4, -0.2) is 78.3 Å². The second kappa shape index (κ2) is 16.0. The van der Waals surface area contributed by atoms with Crippen LogP contribution in [0.15, 0.2) is 110 Å². The van der Waals surface area contributed by atoms with Crippen LogP contribution in [0.5, 0.6) is 5.75 Å². The third kappa shape index (κ3) is 6.86. The van der Waals surface area contributed by atoms with Crippen molar-refractivity contribution in [2.24, 2.45) is 11.8 Å². The van der Waals surface area contributed by atoms with E-state index in [9.17, 15) is 19.5 Å². The summed E-state index contributed by atoms with van der Waals surface area (Å²) in [7, 11) is 1.56. The first kappa shape index (κ1) is 36.5. The van der Waals surface area contributed by atoms with Crippen LogP contribution in [0.2, 0.25) is 0 Å². The molecule has 3 aliphatic rings. The summed E-state index contributed by atoms with van der Waals surface area (Å²) in [6.45, 7) is 7.10. The fraction of sp³-hybridized carbons (Fsp3) is 0.366. The Kier molecular flexibility index (Phi) is 11.2. The number of methoxy groups -OCH3 is 1. The van der Waals surface area contributed by atoms with Crippen molar-refractivity contribution in [3.63, 3.8) is 0 Å². The van der Waals surface area contributed by atoms with E-state index in [0.29, 0.717) is 36.3 Å². The van der Waals surface area contributed by atoms with Gasteiger partial charge in [0.25, 0.3) is 5.91 Å². The van der Waals surface area contributed by atoms with E-state index < -0.39 is 72.0 Å². The minimum absolute atomic E-state index is 0.111. The average Bonchev–Trinajstić information content (AvgIpc) is 3.83. The summed E-state index contributed by atoms with van der Waals surface area (Å²) < 4.78 is 17.6. The van der Waals surface area contributed by atoms with Crippen LogP contribution in [0.4, 0.5) is 5.69 Å². The van der Waals surface area contributed by atoms with Crippen molar-refractivity contribution in [1.82, 2.24) is 10.2 Å². The number of rotatable bonds is 16. The van der Waals surface area contributed by atoms with Crippen molar-refractivity contribution in [3.8, 4) is 5.75 Å². The van der Waals surface area contributed by atoms with Gasteiger partial charge in [-0.25, -0.2) is 0 Å². The molecule has 0 aromatic heterocycles. The van der Waals surface area contributed by atoms with E-state index in [0.717, 1.165) is 5.56 Å². The SMILES string of the molecule is C=CCCC(=O)OC[C@H](NC(=O)[C@@H]1[C@@H]2CC[C@]3(O2)[C@H](C(=O)N(CC=C)c2ccc(OC)cc2)N([C@H](CO)c2ccccc2)C(=O)[C@@H]13)c1ccccc1. The predicted molar refractivity (Wildman–Crippen MR) is 194 cm³/mol. The van der Waals surface area contributed by atoms with Gasteiger partial charge in [-0.2, -0.15) is 0 Å². The number of fused-ring (bicyclic) bond motifs is 1. The fourth-order valence-electron chi connectivity index (χ4n) is 8.04. The zero-order valence-corrected chi connectivity index (χ0v) is 29.3. The van der Waals surface area contributed by atoms with E-state index in [-0.39, 0.29) is 19.6 Å². The molecule has 52 heavy (non-hydrogen) atoms. The first-order valence-electron chi connectivity index (χ1n) is 17.6. The molecule has 3 aliphatic heterocycles. The van der Waals surface area contributed by atoms with E-state index in [1.807, 2.05) is 48.5 Å². The number of nitrogens with zero attached hydrogens (tertiary/aromatic N) is 2. The minimum atomic E-state index is -1.34. The molecule has 3 saturated heterocycles. The van der Waals surface area contributed by atoms with E-state index in [1.54, 1.807) is 60.6 Å². The van der Waals surface area contributed by atoms with Crippen LogP contribution in [0.25, 0.3) is 0 Å². The third-order valence-electron chi connectivity index (χ3n) is 10.4. The lowest BCUT2D eigenvalue weighted by Gasteiger charge is -2.39. The van der Waals surface area contributed by atoms with Crippen molar-refractivity contribution >= 4 is 29.4 Å². The number of anilines is 1. The number of likely N-dealkylation sites (tertiary alicyclic amines) is 1. The number of benzene rings is 3. The molecule has 3 fully saturated rings. The van der Waals surface area contributed by atoms with Gasteiger partial charge in [0.05, 0.1) is 43.7 Å². The van der Waals surface area contributed by atoms with Crippen molar-refractivity contribution in [3.05, 3.63) is 121 Å². The van der Waals surface area contributed by atoms with Gasteiger partial charge in [-0.1, -0.05) is 72.8 Å². The van der Waals surface area contributed by atoms with Crippen molar-refractivity contribution in [2.75, 3.05) is 31.8 Å². The summed E-state index contributed by atoms with van der Waals surface area (Å²) in [6, 6.07) is 22.5. The average molecular weight is 708 g/mol. The van der Waals surface area contributed by atoms with Gasteiger partial charge in [-0.15, -0.1) is 13.2 Å². The Hall–Kier alpha value is -5.26. The molecule has 11 nitrogen and oxygen atoms in total. The molecule has 0 radical (unpaired) electrons. The Balaban J connectivity index is 1.37. The van der Waals surface area contributed by atoms with Gasteiger partial charge in [0.15, 0.2) is 0 Å². The number of carbonyl (C=O) groups excluding carboxylic acids is 4. The summed E-state index contributed by atoms with van der Waals surface area (Å²) in [5.74, 6) is -3.04. The highest BCUT2D eigenvalue weighted by molar-refractivity contribution is 6.05. The molecule has 0 aliphatic carbocycles. The normalized spacial score (nSPS) is 24.0. The van der Waals surface area contributed by atoms with Crippen LogP contribution in [0.1, 0.15) is 48.9 Å². The van der Waals surface area contributed by atoms with Crippen molar-refractivity contribution in [1.29, 1.82) is 0 Å². The van der Waals surface area contributed by atoms with Crippen LogP contribution in [0, 0.1) is 11.8 Å². The number of hydrogen-bond donors (Lipinski definition) is 2. The minimum Gasteiger partial charge on any atom is -0.497 e. The largest absolute Gasteiger partial charge is 0.497 e. The van der Waals surface area contributed by atoms with E-state index in [1.165, 1.54) is 4.90 Å². The molecule has 0 saturated carbocycles. The van der Waals surface area contributed by atoms with E-state index >= 15 is 4.79 Å². The van der Waals surface area contributed by atoms with Crippen LogP contribution in [0.3, 0.4) is 0 Å². The zero-order chi connectivity index (χ0) is 36.8. The lowest BCUT2D eigenvalue weighted by molar-refractivity contribution is -0.146. The first-order chi connectivity index (χ1) is 25.3. The highest BCUT2D eigenvalue weighted by atomic mass is 16.5. The van der Waals surface area contributed by atoms with Gasteiger partial charge < -0.3 is 34.4 Å². The Morgan fingerprint density at radius 1 is 1.02 bits per heavy atom. The number of ether oxygens (including phenoxy) is 3. The Morgan fingerprint density at radius 2 is 1.69 bits per heavy atom. The summed E-state index contributed by atoms with van der Waals surface area (Å²) in [5.41, 5.74) is 0.593. The Morgan fingerprint density at radius 3 is 2.31 bits per heavy atom. The number of esters is 1. The molecule has 7 atom stereocenters. The second-order valence-corrected chi connectivity index (χ2v) is 13.3. The maximum absolute atomic E-state index is 15.0. The molecule has 2 N–H and O–H groups in total. The first-order valence-corrected chi connectivity index (χ1v) is 17.6. The highest BCUT2D eigenvalue weighted by Gasteiger charge is 2.75. The Bertz CT molecular complexity index is 1770. The topological polar surface area (TPSA) is 135 Å². The smallest absolute Gasteiger partial charge is 0.306 e. The fourth-order valence-corrected chi connectivity index (χ4v) is 8.04. The summed E-state index contributed by atoms with van der Waals surface area (Å²) in [5, 5.41) is 13.9. The third-order valence-corrected chi connectivity index (χ3v) is 10.4. The molecule has 2 bridgehead atoms. The molecule has 3 aromatic carbocycles. The van der Waals surface area contributed by atoms with Crippen LogP contribution < -0.4 is 15.0 Å². The van der Waals surface area contributed by atoms with Crippen molar-refractivity contribution < 1.29 is 38.5 Å². The van der Waals surface area contributed by atoms with Gasteiger partial charge in [0.1, 0.15) is 24.0 Å². The van der Waals surface area contributed by atoms with Crippen molar-refractivity contribution in [2.45, 2.75) is 55.5 Å². The molecule has 3 amide bonds. The van der Waals surface area contributed by atoms with E-state index in [4.69, 9.17) is 14.2 Å². The lowest BCUT2D eigenvalue weighted by Crippen LogP contribution is -2.57. The molecule has 3 heterocycles. The molecule has 6 rings (SSSR count). The van der Waals surface area contributed by atoms with Crippen LogP contribution in [-0.2, 0) is 28.7 Å². The predicted octanol–water partition coefficient (Wildman–Crippen LogP) is 4.69. The summed E-state index contributed by atoms with van der Waals surface area (Å²) in [4.78, 5) is 59.8. The van der Waals surface area contributed by atoms with Crippen LogP contribution >= 0.6 is 0 Å². The monoisotopic (exact) mass is 707 g/mol. The highest BCUT2D eigenvalue weighted by Crippen LogP contribution is 2.60. The standard InChI is InChI=1S/C41H45N3O8/c1-4-6-17-34(46)51-26-31(27-13-9-7-10-14-27)42-38(47)35-33-22-23-41(52-33)36(35)39(48)44(32(25-45)28-15-11-8-12-16-28)37(41)40(49)43(24-5-2)29-18-20-30(50-3)21-19-29/h4-5,7-16,18-21,31-33,35-37,45H,1-2,6,17,22-26H2,3H3,(H,42,47)/t31-,32+,33-,35+,36+,37-,41+/m0/s1. The second-order valence-electron chi connectivity index (χ2n) is 13.3. The molecule has 1 spiro atoms. The maximum Gasteiger partial charge on any atom is 0.306 e. The lowest BCUT2D eigenvalue weighted by atomic mass is 9.70. The number of aliphatic hydroxyl groups is 1. The zero-order valence-electron chi connectivity index (χ0n) is 29.3. The van der Waals surface area contributed by atoms with Gasteiger partial charge in [0.2, 0.25) is 11.8 Å². The number of carbonyl (C=O) groups is 4. The number of aliphatic hydroxyl groups excluding tert-OH is 1. The maximum atomic E-state index is 15.0. The molecular formula is C41H45N3O8. The van der Waals surface area contributed by atoms with Gasteiger partial charge in [-0.05, 0) is 54.7 Å². The molecule has 11 heteroatoms.